The van der Waals surface area contributed by atoms with E-state index in [9.17, 15) is 0 Å². The largest absolute Gasteiger partial charge is 0.460 e. The molecule has 0 fully saturated rings. The van der Waals surface area contributed by atoms with Crippen molar-refractivity contribution in [2.75, 3.05) is 0 Å². The van der Waals surface area contributed by atoms with E-state index in [1.165, 1.54) is 0 Å². The van der Waals surface area contributed by atoms with Crippen LogP contribution in [0.4, 0.5) is 0 Å². The van der Waals surface area contributed by atoms with Gasteiger partial charge in [-0.3, -0.25) is 0 Å². The van der Waals surface area contributed by atoms with Crippen LogP contribution in [0.25, 0.3) is 11.3 Å². The third kappa shape index (κ3) is 3.16. The first-order chi connectivity index (χ1) is 8.58. The second kappa shape index (κ2) is 5.91. The van der Waals surface area contributed by atoms with E-state index in [0.29, 0.717) is 11.1 Å². The quantitative estimate of drug-likeness (QED) is 0.867. The molecule has 0 aliphatic carbocycles. The molecule has 4 heteroatoms. The summed E-state index contributed by atoms with van der Waals surface area (Å²) in [6.07, 6.45) is 0. The van der Waals surface area contributed by atoms with Crippen molar-refractivity contribution in [3.63, 3.8) is 0 Å². The third-order valence-electron chi connectivity index (χ3n) is 2.56. The maximum atomic E-state index is 6.07. The Morgan fingerprint density at radius 1 is 1.28 bits per heavy atom. The number of rotatable bonds is 4. The molecule has 1 aromatic heterocycles. The van der Waals surface area contributed by atoms with Gasteiger partial charge in [-0.1, -0.05) is 31.5 Å². The Labute approximate surface area is 120 Å². The fourth-order valence-corrected chi connectivity index (χ4v) is 2.25. The molecule has 0 bridgehead atoms. The van der Waals surface area contributed by atoms with Crippen LogP contribution in [0, 0.1) is 0 Å². The van der Waals surface area contributed by atoms with Gasteiger partial charge in [0.15, 0.2) is 0 Å². The second-order valence-electron chi connectivity index (χ2n) is 4.40. The molecule has 0 spiro atoms. The summed E-state index contributed by atoms with van der Waals surface area (Å²) in [5, 5.41) is 4.01. The molecule has 1 aromatic carbocycles. The molecule has 0 amide bonds. The lowest BCUT2D eigenvalue weighted by Gasteiger charge is -2.05. The smallest absolute Gasteiger partial charge is 0.135 e. The minimum Gasteiger partial charge on any atom is -0.460 e. The molecule has 0 atom stereocenters. The third-order valence-corrected chi connectivity index (χ3v) is 3.96. The zero-order valence-electron chi connectivity index (χ0n) is 10.3. The number of halogens is 2. The van der Waals surface area contributed by atoms with Gasteiger partial charge in [0.2, 0.25) is 0 Å². The molecule has 0 unspecified atom stereocenters. The standard InChI is InChI=1S/C14H15BrClNO/c1-9(2)17-8-10-6-7-13(18-10)11-4-3-5-12(16)14(11)15/h3-7,9,17H,8H2,1-2H3. The lowest BCUT2D eigenvalue weighted by molar-refractivity contribution is 0.473. The van der Waals surface area contributed by atoms with Crippen molar-refractivity contribution in [1.29, 1.82) is 0 Å². The van der Waals surface area contributed by atoms with Gasteiger partial charge < -0.3 is 9.73 Å². The Kier molecular flexibility index (Phi) is 4.49. The van der Waals surface area contributed by atoms with Gasteiger partial charge in [0, 0.05) is 16.1 Å². The zero-order chi connectivity index (χ0) is 13.1. The van der Waals surface area contributed by atoms with Crippen molar-refractivity contribution in [3.8, 4) is 11.3 Å². The highest BCUT2D eigenvalue weighted by Crippen LogP contribution is 2.34. The lowest BCUT2D eigenvalue weighted by atomic mass is 10.2. The number of hydrogen-bond donors (Lipinski definition) is 1. The predicted molar refractivity (Wildman–Crippen MR) is 78.8 cm³/mol. The van der Waals surface area contributed by atoms with Gasteiger partial charge in [0.05, 0.1) is 11.6 Å². The van der Waals surface area contributed by atoms with Crippen LogP contribution < -0.4 is 5.32 Å². The van der Waals surface area contributed by atoms with Gasteiger partial charge in [0.1, 0.15) is 11.5 Å². The van der Waals surface area contributed by atoms with Crippen LogP contribution >= 0.6 is 27.5 Å². The molecule has 0 saturated heterocycles. The minimum absolute atomic E-state index is 0.441. The first kappa shape index (κ1) is 13.7. The number of furan rings is 1. The van der Waals surface area contributed by atoms with Gasteiger partial charge in [-0.25, -0.2) is 0 Å². The average molecular weight is 329 g/mol. The van der Waals surface area contributed by atoms with Crippen LogP contribution in [0.3, 0.4) is 0 Å². The Bertz CT molecular complexity index is 536. The van der Waals surface area contributed by atoms with E-state index in [1.807, 2.05) is 30.3 Å². The Morgan fingerprint density at radius 2 is 2.06 bits per heavy atom. The molecule has 0 aliphatic rings. The highest BCUT2D eigenvalue weighted by Gasteiger charge is 2.10. The van der Waals surface area contributed by atoms with Gasteiger partial charge in [-0.2, -0.15) is 0 Å². The maximum absolute atomic E-state index is 6.07. The van der Waals surface area contributed by atoms with Crippen LogP contribution in [-0.4, -0.2) is 6.04 Å². The monoisotopic (exact) mass is 327 g/mol. The summed E-state index contributed by atoms with van der Waals surface area (Å²) in [6.45, 7) is 4.95. The van der Waals surface area contributed by atoms with Crippen molar-refractivity contribution >= 4 is 27.5 Å². The van der Waals surface area contributed by atoms with Crippen molar-refractivity contribution < 1.29 is 4.42 Å². The summed E-state index contributed by atoms with van der Waals surface area (Å²) in [6, 6.07) is 10.1. The predicted octanol–water partition coefficient (Wildman–Crippen LogP) is 4.86. The second-order valence-corrected chi connectivity index (χ2v) is 5.60. The van der Waals surface area contributed by atoms with Crippen LogP contribution in [0.15, 0.2) is 39.2 Å². The van der Waals surface area contributed by atoms with Crippen LogP contribution in [0.2, 0.25) is 5.02 Å². The molecule has 0 saturated carbocycles. The molecule has 0 aliphatic heterocycles. The van der Waals surface area contributed by atoms with Crippen LogP contribution in [0.1, 0.15) is 19.6 Å². The maximum Gasteiger partial charge on any atom is 0.135 e. The van der Waals surface area contributed by atoms with Gasteiger partial charge >= 0.3 is 0 Å². The molecule has 0 radical (unpaired) electrons. The summed E-state index contributed by atoms with van der Waals surface area (Å²) < 4.78 is 6.67. The van der Waals surface area contributed by atoms with E-state index >= 15 is 0 Å². The molecule has 18 heavy (non-hydrogen) atoms. The number of hydrogen-bond acceptors (Lipinski definition) is 2. The zero-order valence-corrected chi connectivity index (χ0v) is 12.7. The van der Waals surface area contributed by atoms with Crippen molar-refractivity contribution in [2.24, 2.45) is 0 Å². The molecule has 96 valence electrons. The minimum atomic E-state index is 0.441. The number of benzene rings is 1. The van der Waals surface area contributed by atoms with Gasteiger partial charge in [-0.05, 0) is 40.2 Å². The first-order valence-corrected chi connectivity index (χ1v) is 7.01. The van der Waals surface area contributed by atoms with E-state index in [1.54, 1.807) is 0 Å². The summed E-state index contributed by atoms with van der Waals surface area (Å²) in [5.74, 6) is 1.75. The summed E-state index contributed by atoms with van der Waals surface area (Å²) >= 11 is 9.55. The number of nitrogens with one attached hydrogen (secondary N) is 1. The Hall–Kier alpha value is -0.770. The van der Waals surface area contributed by atoms with Crippen LogP contribution in [0.5, 0.6) is 0 Å². The van der Waals surface area contributed by atoms with Crippen molar-refractivity contribution in [3.05, 3.63) is 45.6 Å². The molecule has 2 rings (SSSR count). The molecule has 2 aromatic rings. The summed E-state index contributed by atoms with van der Waals surface area (Å²) in [4.78, 5) is 0. The molecular weight excluding hydrogens is 314 g/mol. The summed E-state index contributed by atoms with van der Waals surface area (Å²) in [7, 11) is 0. The van der Waals surface area contributed by atoms with E-state index in [0.717, 1.165) is 28.1 Å². The molecule has 1 N–H and O–H groups in total. The summed E-state index contributed by atoms with van der Waals surface area (Å²) in [5.41, 5.74) is 0.971. The van der Waals surface area contributed by atoms with Gasteiger partial charge in [-0.15, -0.1) is 0 Å². The topological polar surface area (TPSA) is 25.2 Å². The fraction of sp³-hybridized carbons (Fsp3) is 0.286. The highest BCUT2D eigenvalue weighted by atomic mass is 79.9. The van der Waals surface area contributed by atoms with Crippen molar-refractivity contribution in [1.82, 2.24) is 5.32 Å². The van der Waals surface area contributed by atoms with E-state index in [-0.39, 0.29) is 0 Å². The molecule has 2 nitrogen and oxygen atoms in total. The molecule has 1 heterocycles. The highest BCUT2D eigenvalue weighted by molar-refractivity contribution is 9.10. The van der Waals surface area contributed by atoms with Crippen molar-refractivity contribution in [2.45, 2.75) is 26.4 Å². The first-order valence-electron chi connectivity index (χ1n) is 5.84. The van der Waals surface area contributed by atoms with E-state index < -0.39 is 0 Å². The van der Waals surface area contributed by atoms with E-state index in [4.69, 9.17) is 16.0 Å². The molecular formula is C14H15BrClNO. The average Bonchev–Trinajstić information content (AvgIpc) is 2.78. The fourth-order valence-electron chi connectivity index (χ4n) is 1.62. The van der Waals surface area contributed by atoms with E-state index in [2.05, 4.69) is 35.1 Å². The van der Waals surface area contributed by atoms with Gasteiger partial charge in [0.25, 0.3) is 0 Å². The lowest BCUT2D eigenvalue weighted by Crippen LogP contribution is -2.21. The Morgan fingerprint density at radius 3 is 2.78 bits per heavy atom. The normalized spacial score (nSPS) is 11.2. The SMILES string of the molecule is CC(C)NCc1ccc(-c2cccc(Cl)c2Br)o1. The Balaban J connectivity index is 2.21. The van der Waals surface area contributed by atoms with Crippen LogP contribution in [-0.2, 0) is 6.54 Å².